The van der Waals surface area contributed by atoms with Crippen molar-refractivity contribution in [2.45, 2.75) is 6.61 Å². The minimum atomic E-state index is 0.612. The average molecular weight is 254 g/mol. The van der Waals surface area contributed by atoms with E-state index < -0.39 is 0 Å². The van der Waals surface area contributed by atoms with Gasteiger partial charge in [-0.3, -0.25) is 0 Å². The van der Waals surface area contributed by atoms with E-state index in [4.69, 9.17) is 9.47 Å². The van der Waals surface area contributed by atoms with Gasteiger partial charge in [0.25, 0.3) is 0 Å². The van der Waals surface area contributed by atoms with E-state index in [2.05, 4.69) is 12.1 Å². The Kier molecular flexibility index (Phi) is 5.20. The van der Waals surface area contributed by atoms with Crippen molar-refractivity contribution < 1.29 is 9.47 Å². The van der Waals surface area contributed by atoms with Gasteiger partial charge in [-0.2, -0.15) is 0 Å². The first-order chi connectivity index (χ1) is 9.38. The van der Waals surface area contributed by atoms with Gasteiger partial charge in [-0.25, -0.2) is 0 Å². The molecule has 0 atom stereocenters. The van der Waals surface area contributed by atoms with Crippen LogP contribution in [0.2, 0.25) is 0 Å². The van der Waals surface area contributed by atoms with Crippen molar-refractivity contribution in [3.63, 3.8) is 0 Å². The monoisotopic (exact) mass is 254 g/mol. The first-order valence-electron chi connectivity index (χ1n) is 6.31. The van der Waals surface area contributed by atoms with Crippen LogP contribution in [0.3, 0.4) is 0 Å². The Bertz CT molecular complexity index is 501. The van der Waals surface area contributed by atoms with Crippen LogP contribution in [-0.2, 0) is 11.3 Å². The van der Waals surface area contributed by atoms with Crippen molar-refractivity contribution in [2.75, 3.05) is 13.7 Å². The highest BCUT2D eigenvalue weighted by atomic mass is 16.5. The fourth-order valence-corrected chi connectivity index (χ4v) is 1.72. The predicted octanol–water partition coefficient (Wildman–Crippen LogP) is 3.93. The van der Waals surface area contributed by atoms with Gasteiger partial charge in [0.2, 0.25) is 0 Å². The summed E-state index contributed by atoms with van der Waals surface area (Å²) in [5.41, 5.74) is 2.34. The van der Waals surface area contributed by atoms with Crippen molar-refractivity contribution in [2.24, 2.45) is 0 Å². The van der Waals surface area contributed by atoms with Gasteiger partial charge in [0.15, 0.2) is 0 Å². The van der Waals surface area contributed by atoms with Gasteiger partial charge in [0.1, 0.15) is 5.75 Å². The SMILES string of the molecule is COc1ccc(/C=C/COCc2ccccc2)cc1. The molecule has 0 aromatic heterocycles. The van der Waals surface area contributed by atoms with E-state index in [1.165, 1.54) is 5.56 Å². The lowest BCUT2D eigenvalue weighted by atomic mass is 10.2. The largest absolute Gasteiger partial charge is 0.497 e. The fraction of sp³-hybridized carbons (Fsp3) is 0.176. The minimum Gasteiger partial charge on any atom is -0.497 e. The number of hydrogen-bond acceptors (Lipinski definition) is 2. The Morgan fingerprint density at radius 3 is 2.37 bits per heavy atom. The molecule has 0 aliphatic heterocycles. The van der Waals surface area contributed by atoms with Crippen LogP contribution in [0.15, 0.2) is 60.7 Å². The van der Waals surface area contributed by atoms with Crippen LogP contribution in [0, 0.1) is 0 Å². The Hall–Kier alpha value is -2.06. The van der Waals surface area contributed by atoms with Crippen molar-refractivity contribution in [1.29, 1.82) is 0 Å². The van der Waals surface area contributed by atoms with E-state index in [9.17, 15) is 0 Å². The van der Waals surface area contributed by atoms with E-state index >= 15 is 0 Å². The highest BCUT2D eigenvalue weighted by Crippen LogP contribution is 2.12. The van der Waals surface area contributed by atoms with Crippen LogP contribution in [0.5, 0.6) is 5.75 Å². The smallest absolute Gasteiger partial charge is 0.118 e. The van der Waals surface area contributed by atoms with E-state index in [0.29, 0.717) is 13.2 Å². The van der Waals surface area contributed by atoms with Gasteiger partial charge in [0.05, 0.1) is 20.3 Å². The Labute approximate surface area is 114 Å². The van der Waals surface area contributed by atoms with E-state index in [0.717, 1.165) is 11.3 Å². The second kappa shape index (κ2) is 7.39. The van der Waals surface area contributed by atoms with Gasteiger partial charge in [-0.1, -0.05) is 54.6 Å². The van der Waals surface area contributed by atoms with Gasteiger partial charge in [-0.15, -0.1) is 0 Å². The van der Waals surface area contributed by atoms with Crippen LogP contribution >= 0.6 is 0 Å². The normalized spacial score (nSPS) is 10.8. The standard InChI is InChI=1S/C17H18O2/c1-18-17-11-9-15(10-12-17)8-5-13-19-14-16-6-3-2-4-7-16/h2-12H,13-14H2,1H3/b8-5+. The van der Waals surface area contributed by atoms with Crippen molar-refractivity contribution in [1.82, 2.24) is 0 Å². The molecule has 0 radical (unpaired) electrons. The molecule has 0 saturated carbocycles. The van der Waals surface area contributed by atoms with Gasteiger partial charge in [0, 0.05) is 0 Å². The van der Waals surface area contributed by atoms with Gasteiger partial charge in [-0.05, 0) is 23.3 Å². The van der Waals surface area contributed by atoms with Crippen molar-refractivity contribution in [3.05, 3.63) is 71.8 Å². The number of benzene rings is 2. The van der Waals surface area contributed by atoms with Crippen LogP contribution in [-0.4, -0.2) is 13.7 Å². The zero-order chi connectivity index (χ0) is 13.3. The molecule has 2 nitrogen and oxygen atoms in total. The lowest BCUT2D eigenvalue weighted by Crippen LogP contribution is -1.92. The topological polar surface area (TPSA) is 18.5 Å². The first-order valence-corrected chi connectivity index (χ1v) is 6.31. The molecule has 0 aliphatic carbocycles. The number of ether oxygens (including phenoxy) is 2. The summed E-state index contributed by atoms with van der Waals surface area (Å²) < 4.78 is 10.7. The summed E-state index contributed by atoms with van der Waals surface area (Å²) in [4.78, 5) is 0. The van der Waals surface area contributed by atoms with Gasteiger partial charge >= 0.3 is 0 Å². The van der Waals surface area contributed by atoms with Crippen LogP contribution in [0.25, 0.3) is 6.08 Å². The second-order valence-electron chi connectivity index (χ2n) is 4.18. The molecule has 0 spiro atoms. The predicted molar refractivity (Wildman–Crippen MR) is 78.1 cm³/mol. The maximum atomic E-state index is 5.57. The minimum absolute atomic E-state index is 0.612. The van der Waals surface area contributed by atoms with E-state index in [1.807, 2.05) is 54.6 Å². The van der Waals surface area contributed by atoms with Crippen LogP contribution < -0.4 is 4.74 Å². The van der Waals surface area contributed by atoms with Crippen molar-refractivity contribution >= 4 is 6.08 Å². The molecule has 2 aromatic carbocycles. The zero-order valence-electron chi connectivity index (χ0n) is 11.1. The zero-order valence-corrected chi connectivity index (χ0v) is 11.1. The highest BCUT2D eigenvalue weighted by Gasteiger charge is 1.91. The Morgan fingerprint density at radius 1 is 0.947 bits per heavy atom. The molecular formula is C17H18O2. The van der Waals surface area contributed by atoms with Gasteiger partial charge < -0.3 is 9.47 Å². The quantitative estimate of drug-likeness (QED) is 0.727. The van der Waals surface area contributed by atoms with E-state index in [-0.39, 0.29) is 0 Å². The third kappa shape index (κ3) is 4.60. The molecule has 0 heterocycles. The molecular weight excluding hydrogens is 236 g/mol. The number of methoxy groups -OCH3 is 1. The summed E-state index contributed by atoms with van der Waals surface area (Å²) >= 11 is 0. The molecule has 0 saturated heterocycles. The molecule has 0 fully saturated rings. The number of hydrogen-bond donors (Lipinski definition) is 0. The maximum Gasteiger partial charge on any atom is 0.118 e. The summed E-state index contributed by atoms with van der Waals surface area (Å²) in [6.07, 6.45) is 4.06. The third-order valence-corrected chi connectivity index (χ3v) is 2.75. The average Bonchev–Trinajstić information content (AvgIpc) is 2.49. The number of rotatable bonds is 6. The van der Waals surface area contributed by atoms with Crippen LogP contribution in [0.1, 0.15) is 11.1 Å². The molecule has 0 unspecified atom stereocenters. The molecule has 2 heteroatoms. The van der Waals surface area contributed by atoms with Crippen LogP contribution in [0.4, 0.5) is 0 Å². The Balaban J connectivity index is 1.74. The summed E-state index contributed by atoms with van der Waals surface area (Å²) in [7, 11) is 1.67. The first kappa shape index (κ1) is 13.4. The molecule has 19 heavy (non-hydrogen) atoms. The molecule has 0 bridgehead atoms. The van der Waals surface area contributed by atoms with E-state index in [1.54, 1.807) is 7.11 Å². The Morgan fingerprint density at radius 2 is 1.68 bits per heavy atom. The molecule has 2 rings (SSSR count). The molecule has 98 valence electrons. The summed E-state index contributed by atoms with van der Waals surface area (Å²) in [5.74, 6) is 0.873. The van der Waals surface area contributed by atoms with Crippen molar-refractivity contribution in [3.8, 4) is 5.75 Å². The lowest BCUT2D eigenvalue weighted by molar-refractivity contribution is 0.149. The third-order valence-electron chi connectivity index (χ3n) is 2.75. The molecule has 0 amide bonds. The summed E-state index contributed by atoms with van der Waals surface area (Å²) in [6.45, 7) is 1.26. The molecule has 2 aromatic rings. The fourth-order valence-electron chi connectivity index (χ4n) is 1.72. The maximum absolute atomic E-state index is 5.57. The lowest BCUT2D eigenvalue weighted by Gasteiger charge is -2.01. The molecule has 0 aliphatic rings. The second-order valence-corrected chi connectivity index (χ2v) is 4.18. The summed E-state index contributed by atoms with van der Waals surface area (Å²) in [6, 6.07) is 18.1. The molecule has 0 N–H and O–H groups in total. The summed E-state index contributed by atoms with van der Waals surface area (Å²) in [5, 5.41) is 0. The highest BCUT2D eigenvalue weighted by molar-refractivity contribution is 5.50.